The Morgan fingerprint density at radius 1 is 0.889 bits per heavy atom. The quantitative estimate of drug-likeness (QED) is 0.0952. The molecular weight excluding hydrogens is 797 g/mol. The van der Waals surface area contributed by atoms with Gasteiger partial charge in [-0.1, -0.05) is 80.0 Å². The maximum atomic E-state index is 14.3. The van der Waals surface area contributed by atoms with E-state index in [1.54, 1.807) is 13.8 Å². The van der Waals surface area contributed by atoms with Gasteiger partial charge in [0.2, 0.25) is 5.91 Å². The van der Waals surface area contributed by atoms with Gasteiger partial charge >= 0.3 is 11.9 Å². The van der Waals surface area contributed by atoms with Gasteiger partial charge in [0.1, 0.15) is 6.10 Å². The number of carbonyl (C=O) groups excluding carboxylic acids is 3. The van der Waals surface area contributed by atoms with Gasteiger partial charge in [-0.05, 0) is 135 Å². The number of aliphatic carboxylic acids is 1. The number of nitrogens with zero attached hydrogens (tertiary/aromatic N) is 1. The minimum atomic E-state index is -1.24. The van der Waals surface area contributed by atoms with Gasteiger partial charge in [-0.2, -0.15) is 0 Å². The van der Waals surface area contributed by atoms with E-state index < -0.39 is 46.5 Å². The topological polar surface area (TPSA) is 191 Å². The second-order valence-corrected chi connectivity index (χ2v) is 23.7. The van der Waals surface area contributed by atoms with Crippen LogP contribution in [0.3, 0.4) is 0 Å². The number of esters is 1. The number of aliphatic hydroxyl groups excluding tert-OH is 2. The van der Waals surface area contributed by atoms with Gasteiger partial charge < -0.3 is 30.4 Å². The summed E-state index contributed by atoms with van der Waals surface area (Å²) in [7, 11) is 0. The van der Waals surface area contributed by atoms with E-state index in [2.05, 4.69) is 69.1 Å². The number of hydrogen-bond acceptors (Lipinski definition) is 9. The first kappa shape index (κ1) is 45.9. The van der Waals surface area contributed by atoms with Crippen molar-refractivity contribution in [2.75, 3.05) is 6.54 Å². The molecule has 8 rings (SSSR count). The normalized spacial score (nSPS) is 37.8. The molecule has 5 saturated carbocycles. The molecular formula is C51H74N4O8. The molecule has 12 atom stereocenters. The molecule has 0 saturated heterocycles. The number of nitrogens with one attached hydrogen (secondary N) is 3. The van der Waals surface area contributed by atoms with E-state index in [4.69, 9.17) is 4.74 Å². The number of carboxylic acid groups (broad SMARTS) is 1. The number of ketones is 1. The molecule has 5 fully saturated rings. The summed E-state index contributed by atoms with van der Waals surface area (Å²) >= 11 is 0. The Labute approximate surface area is 373 Å². The summed E-state index contributed by atoms with van der Waals surface area (Å²) in [4.78, 5) is 61.2. The molecule has 6 N–H and O–H groups in total. The highest BCUT2D eigenvalue weighted by Gasteiger charge is 2.71. The number of carbonyl (C=O) groups is 4. The van der Waals surface area contributed by atoms with Crippen LogP contribution in [-0.4, -0.2) is 73.2 Å². The van der Waals surface area contributed by atoms with Crippen LogP contribution in [-0.2, 0) is 23.9 Å². The van der Waals surface area contributed by atoms with E-state index in [1.807, 2.05) is 38.1 Å². The first-order valence-corrected chi connectivity index (χ1v) is 23.8. The van der Waals surface area contributed by atoms with Gasteiger partial charge in [-0.25, -0.2) is 4.98 Å². The SMILES string of the molecule is CC(C)C1=C2[C@H]3CC[C@@H]4[C@@]5(C)CC[C@H](OC(=O)[C@H]6C[C@@H](C(=O)O)C6(C)C)C(C)(C)[C@@H]5CC[C@@]4(C)[C@]3(C)CC[C@@]2([C@@H](O)CNC(=O)C(C)(C)NC(O)c2nc3ccccc3[nH]2)CC1=O. The van der Waals surface area contributed by atoms with Gasteiger partial charge in [0.15, 0.2) is 17.8 Å². The number of hydrogen-bond donors (Lipinski definition) is 6. The lowest BCUT2D eigenvalue weighted by atomic mass is 9.33. The fourth-order valence-electron chi connectivity index (χ4n) is 15.4. The Bertz CT molecular complexity index is 2190. The molecule has 63 heavy (non-hydrogen) atoms. The molecule has 2 aromatic rings. The van der Waals surface area contributed by atoms with Crippen LogP contribution >= 0.6 is 0 Å². The summed E-state index contributed by atoms with van der Waals surface area (Å²) in [5.41, 5.74) is 0.465. The Hall–Kier alpha value is -3.61. The monoisotopic (exact) mass is 871 g/mol. The van der Waals surface area contributed by atoms with Crippen LogP contribution in [0.1, 0.15) is 152 Å². The summed E-state index contributed by atoms with van der Waals surface area (Å²) in [6.45, 7) is 23.4. The van der Waals surface area contributed by atoms with E-state index in [0.29, 0.717) is 36.0 Å². The molecule has 0 bridgehead atoms. The number of para-hydroxylation sites is 2. The third-order valence-electron chi connectivity index (χ3n) is 19.4. The Balaban J connectivity index is 0.995. The molecule has 6 aliphatic rings. The average Bonchev–Trinajstić information content (AvgIpc) is 3.77. The molecule has 346 valence electrons. The smallest absolute Gasteiger partial charge is 0.309 e. The molecule has 1 aromatic carbocycles. The Morgan fingerprint density at radius 3 is 2.24 bits per heavy atom. The maximum absolute atomic E-state index is 14.3. The number of amides is 1. The largest absolute Gasteiger partial charge is 0.481 e. The van der Waals surface area contributed by atoms with Crippen molar-refractivity contribution < 1.29 is 39.2 Å². The van der Waals surface area contributed by atoms with Gasteiger partial charge in [-0.15, -0.1) is 0 Å². The van der Waals surface area contributed by atoms with Crippen LogP contribution in [0.15, 0.2) is 35.4 Å². The van der Waals surface area contributed by atoms with Gasteiger partial charge in [-0.3, -0.25) is 24.5 Å². The molecule has 12 heteroatoms. The molecule has 12 nitrogen and oxygen atoms in total. The zero-order valence-electron chi connectivity index (χ0n) is 39.6. The first-order chi connectivity index (χ1) is 29.3. The van der Waals surface area contributed by atoms with Gasteiger partial charge in [0.05, 0.1) is 34.5 Å². The highest BCUT2D eigenvalue weighted by Crippen LogP contribution is 2.77. The van der Waals surface area contributed by atoms with E-state index >= 15 is 0 Å². The summed E-state index contributed by atoms with van der Waals surface area (Å²) in [6, 6.07) is 7.47. The number of allylic oxidation sites excluding steroid dienone is 1. The van der Waals surface area contributed by atoms with E-state index in [0.717, 1.165) is 61.6 Å². The summed E-state index contributed by atoms with van der Waals surface area (Å²) in [5.74, 6) is -1.14. The number of aromatic amines is 1. The second-order valence-electron chi connectivity index (χ2n) is 23.7. The Morgan fingerprint density at radius 2 is 1.59 bits per heavy atom. The average molecular weight is 871 g/mol. The number of H-pyrrole nitrogens is 1. The second kappa shape index (κ2) is 15.2. The number of carboxylic acids is 1. The van der Waals surface area contributed by atoms with Crippen molar-refractivity contribution in [3.05, 3.63) is 41.2 Å². The minimum absolute atomic E-state index is 0.000481. The zero-order chi connectivity index (χ0) is 46.0. The van der Waals surface area contributed by atoms with Crippen molar-refractivity contribution >= 4 is 34.7 Å². The predicted molar refractivity (Wildman–Crippen MR) is 240 cm³/mol. The number of benzene rings is 1. The van der Waals surface area contributed by atoms with Crippen LogP contribution in [0.4, 0.5) is 0 Å². The maximum Gasteiger partial charge on any atom is 0.309 e. The van der Waals surface area contributed by atoms with Crippen LogP contribution in [0.2, 0.25) is 0 Å². The zero-order valence-corrected chi connectivity index (χ0v) is 39.6. The fourth-order valence-corrected chi connectivity index (χ4v) is 15.4. The number of imidazole rings is 1. The van der Waals surface area contributed by atoms with Crippen molar-refractivity contribution in [1.82, 2.24) is 20.6 Å². The molecule has 0 spiro atoms. The van der Waals surface area contributed by atoms with Crippen LogP contribution < -0.4 is 10.6 Å². The van der Waals surface area contributed by atoms with E-state index in [1.165, 1.54) is 0 Å². The molecule has 1 amide bonds. The number of Topliss-reactive ketones (excluding diaryl/α,β-unsaturated/α-hetero) is 1. The molecule has 1 unspecified atom stereocenters. The van der Waals surface area contributed by atoms with Crippen LogP contribution in [0.25, 0.3) is 11.0 Å². The first-order valence-electron chi connectivity index (χ1n) is 23.8. The third-order valence-corrected chi connectivity index (χ3v) is 19.4. The number of ether oxygens (including phenoxy) is 1. The summed E-state index contributed by atoms with van der Waals surface area (Å²) in [5, 5.41) is 39.2. The summed E-state index contributed by atoms with van der Waals surface area (Å²) in [6.07, 6.45) is 5.35. The van der Waals surface area contributed by atoms with Crippen molar-refractivity contribution in [1.29, 1.82) is 0 Å². The fraction of sp³-hybridized carbons (Fsp3) is 0.745. The van der Waals surface area contributed by atoms with Crippen LogP contribution in [0.5, 0.6) is 0 Å². The van der Waals surface area contributed by atoms with E-state index in [9.17, 15) is 34.5 Å². The van der Waals surface area contributed by atoms with Crippen molar-refractivity contribution in [2.45, 2.75) is 164 Å². The summed E-state index contributed by atoms with van der Waals surface area (Å²) < 4.78 is 6.42. The number of rotatable bonds is 11. The highest BCUT2D eigenvalue weighted by atomic mass is 16.5. The number of aliphatic hydroxyl groups is 2. The van der Waals surface area contributed by atoms with Gasteiger partial charge in [0.25, 0.3) is 0 Å². The number of aromatic nitrogens is 2. The van der Waals surface area contributed by atoms with E-state index in [-0.39, 0.29) is 70.2 Å². The third kappa shape index (κ3) is 6.79. The molecule has 1 aromatic heterocycles. The molecule has 0 aliphatic heterocycles. The van der Waals surface area contributed by atoms with Crippen molar-refractivity contribution in [3.8, 4) is 0 Å². The predicted octanol–water partition coefficient (Wildman–Crippen LogP) is 8.04. The molecule has 1 heterocycles. The van der Waals surface area contributed by atoms with Gasteiger partial charge in [0, 0.05) is 23.8 Å². The van der Waals surface area contributed by atoms with Crippen molar-refractivity contribution in [2.24, 2.45) is 68.0 Å². The molecule has 0 radical (unpaired) electrons. The minimum Gasteiger partial charge on any atom is -0.481 e. The van der Waals surface area contributed by atoms with Crippen LogP contribution in [0, 0.1) is 68.0 Å². The lowest BCUT2D eigenvalue weighted by Gasteiger charge is -2.72. The lowest BCUT2D eigenvalue weighted by Crippen LogP contribution is -2.66. The van der Waals surface area contributed by atoms with Crippen molar-refractivity contribution in [3.63, 3.8) is 0 Å². The number of fused-ring (bicyclic) bond motifs is 8. The Kier molecular flexibility index (Phi) is 11.1. The standard InChI is InChI=1S/C51H74N4O8/c1-27(2)38-33(56)25-51(36(57)26-52-44(62)47(7,8)55-41(58)40-53-31-14-12-13-15-32(31)54-40)23-22-49(10)28(39(38)51)16-17-35-48(9)20-19-37(46(5,6)34(48)18-21-50(35,49)11)63-43(61)30-24-29(42(59)60)45(30,3)4/h12-15,27-30,34-37,41,55,57-58H,16-26H2,1-11H3,(H,52,62)(H,53,54)(H,59,60)/t28-,29+,30-,34+,35-,36+,37+,41?,48+,49-,50-,51+/m1/s1. The lowest BCUT2D eigenvalue weighted by molar-refractivity contribution is -0.238. The molecule has 6 aliphatic carbocycles. The highest BCUT2D eigenvalue weighted by molar-refractivity contribution is 6.01.